The van der Waals surface area contributed by atoms with Gasteiger partial charge in [0.1, 0.15) is 5.41 Å². The van der Waals surface area contributed by atoms with Gasteiger partial charge in [-0.3, -0.25) is 15.0 Å². The molecule has 0 spiro atoms. The molecule has 1 N–H and O–H groups in total. The highest BCUT2D eigenvalue weighted by Crippen LogP contribution is 2.63. The first kappa shape index (κ1) is 27.1. The lowest BCUT2D eigenvalue weighted by molar-refractivity contribution is 0.532. The van der Waals surface area contributed by atoms with Crippen LogP contribution in [0.2, 0.25) is 0 Å². The van der Waals surface area contributed by atoms with E-state index in [9.17, 15) is 0 Å². The standard InChI is InChI=1S/C29H18N16S/c1-2-8-31-17(5-1)22-24(27-33-9-4-10-34-27)23(18-6-3-11-35-37-18)25(19-15-30-13-14-32-19)29(21-16-46-45-39-21,20-7-12-36-42-38-20)26(22)28-40-43-44-41-28/h1-16,25H,(H,40,41,43,44). The van der Waals surface area contributed by atoms with Gasteiger partial charge in [0, 0.05) is 71.1 Å². The fourth-order valence-electron chi connectivity index (χ4n) is 5.97. The number of tetrazole rings is 1. The second-order valence-corrected chi connectivity index (χ2v) is 10.4. The van der Waals surface area contributed by atoms with Crippen LogP contribution in [0.15, 0.2) is 97.4 Å². The molecule has 0 saturated carbocycles. The summed E-state index contributed by atoms with van der Waals surface area (Å²) in [6, 6.07) is 12.8. The minimum atomic E-state index is -1.39. The molecule has 0 saturated heterocycles. The number of hydrogen-bond donors (Lipinski definition) is 1. The third-order valence-corrected chi connectivity index (χ3v) is 8.07. The second-order valence-electron chi connectivity index (χ2n) is 9.84. The highest BCUT2D eigenvalue weighted by molar-refractivity contribution is 7.03. The molecule has 0 radical (unpaired) electrons. The van der Waals surface area contributed by atoms with Crippen molar-refractivity contribution >= 4 is 33.8 Å². The summed E-state index contributed by atoms with van der Waals surface area (Å²) in [6.07, 6.45) is 13.1. The lowest BCUT2D eigenvalue weighted by Gasteiger charge is -2.45. The zero-order valence-corrected chi connectivity index (χ0v) is 24.2. The van der Waals surface area contributed by atoms with E-state index in [1.54, 1.807) is 61.7 Å². The largest absolute Gasteiger partial charge is 0.261 e. The van der Waals surface area contributed by atoms with Crippen LogP contribution >= 0.6 is 11.5 Å². The van der Waals surface area contributed by atoms with E-state index in [-0.39, 0.29) is 5.82 Å². The predicted octanol–water partition coefficient (Wildman–Crippen LogP) is 2.31. The van der Waals surface area contributed by atoms with Gasteiger partial charge in [0.05, 0.1) is 40.6 Å². The summed E-state index contributed by atoms with van der Waals surface area (Å²) in [4.78, 5) is 23.6. The molecule has 7 heterocycles. The third kappa shape index (κ3) is 4.33. The number of aromatic nitrogens is 16. The lowest BCUT2D eigenvalue weighted by Crippen LogP contribution is -2.43. The van der Waals surface area contributed by atoms with Crippen molar-refractivity contribution in [3.05, 3.63) is 138 Å². The molecule has 2 atom stereocenters. The first-order valence-electron chi connectivity index (χ1n) is 13.8. The van der Waals surface area contributed by atoms with Crippen LogP contribution in [-0.2, 0) is 5.41 Å². The first-order chi connectivity index (χ1) is 22.9. The number of allylic oxidation sites excluding steroid dienone is 4. The summed E-state index contributed by atoms with van der Waals surface area (Å²) in [7, 11) is 0. The van der Waals surface area contributed by atoms with E-state index < -0.39 is 11.3 Å². The summed E-state index contributed by atoms with van der Waals surface area (Å²) < 4.78 is 4.31. The van der Waals surface area contributed by atoms with Gasteiger partial charge >= 0.3 is 0 Å². The topological polar surface area (TPSA) is 209 Å². The monoisotopic (exact) mass is 622 g/mol. The number of aromatic amines is 1. The van der Waals surface area contributed by atoms with Crippen molar-refractivity contribution in [2.75, 3.05) is 0 Å². The van der Waals surface area contributed by atoms with E-state index in [1.165, 1.54) is 11.5 Å². The highest BCUT2D eigenvalue weighted by atomic mass is 32.1. The van der Waals surface area contributed by atoms with Gasteiger partial charge < -0.3 is 0 Å². The van der Waals surface area contributed by atoms with Gasteiger partial charge in [-0.15, -0.1) is 25.5 Å². The second kappa shape index (κ2) is 11.5. The fourth-order valence-corrected chi connectivity index (χ4v) is 6.48. The van der Waals surface area contributed by atoms with Gasteiger partial charge in [0.2, 0.25) is 5.82 Å². The van der Waals surface area contributed by atoms with Gasteiger partial charge in [0.25, 0.3) is 0 Å². The van der Waals surface area contributed by atoms with Crippen LogP contribution in [0.4, 0.5) is 0 Å². The maximum absolute atomic E-state index is 4.85. The van der Waals surface area contributed by atoms with Crippen LogP contribution in [0.3, 0.4) is 0 Å². The quantitative estimate of drug-likeness (QED) is 0.270. The van der Waals surface area contributed by atoms with E-state index >= 15 is 0 Å². The van der Waals surface area contributed by atoms with Crippen LogP contribution < -0.4 is 0 Å². The molecule has 0 aromatic carbocycles. The molecule has 0 amide bonds. The lowest BCUT2D eigenvalue weighted by atomic mass is 9.55. The maximum Gasteiger partial charge on any atom is 0.202 e. The SMILES string of the molecule is c1ccc(C2=C(c3nn[nH]n3)C(c3ccnnn3)(c3csnn3)C(c3cnccn3)C(c3cccnn3)=C2c2ncccn2)nc1. The van der Waals surface area contributed by atoms with Crippen LogP contribution in [-0.4, -0.2) is 80.7 Å². The number of pyridine rings is 1. The summed E-state index contributed by atoms with van der Waals surface area (Å²) in [5.41, 5.74) is 3.57. The molecule has 220 valence electrons. The third-order valence-electron chi connectivity index (χ3n) is 7.56. The van der Waals surface area contributed by atoms with Gasteiger partial charge in [-0.2, -0.15) is 15.4 Å². The van der Waals surface area contributed by atoms with Crippen molar-refractivity contribution in [3.63, 3.8) is 0 Å². The zero-order valence-electron chi connectivity index (χ0n) is 23.4. The van der Waals surface area contributed by atoms with Crippen LogP contribution in [0.25, 0.3) is 22.3 Å². The Morgan fingerprint density at radius 1 is 0.674 bits per heavy atom. The Labute approximate surface area is 263 Å². The number of nitrogens with zero attached hydrogens (tertiary/aromatic N) is 15. The molecule has 0 bridgehead atoms. The summed E-state index contributed by atoms with van der Waals surface area (Å²) in [5, 5.41) is 43.8. The maximum atomic E-state index is 4.85. The van der Waals surface area contributed by atoms with E-state index in [2.05, 4.69) is 60.8 Å². The molecule has 46 heavy (non-hydrogen) atoms. The molecule has 2 unspecified atom stereocenters. The van der Waals surface area contributed by atoms with Crippen LogP contribution in [0.5, 0.6) is 0 Å². The molecule has 1 aliphatic rings. The Hall–Kier alpha value is -6.49. The first-order valence-corrected chi connectivity index (χ1v) is 14.6. The fraction of sp³-hybridized carbons (Fsp3) is 0.0690. The molecule has 16 nitrogen and oxygen atoms in total. The minimum absolute atomic E-state index is 0.243. The minimum Gasteiger partial charge on any atom is -0.261 e. The van der Waals surface area contributed by atoms with Gasteiger partial charge in [-0.05, 0) is 58.4 Å². The molecule has 7 aromatic rings. The van der Waals surface area contributed by atoms with Gasteiger partial charge in [-0.25, -0.2) is 9.97 Å². The Morgan fingerprint density at radius 2 is 1.59 bits per heavy atom. The zero-order chi connectivity index (χ0) is 30.8. The molecular weight excluding hydrogens is 604 g/mol. The van der Waals surface area contributed by atoms with Gasteiger partial charge in [0.15, 0.2) is 5.82 Å². The Morgan fingerprint density at radius 3 is 2.28 bits per heavy atom. The van der Waals surface area contributed by atoms with Crippen LogP contribution in [0.1, 0.15) is 46.0 Å². The molecule has 0 fully saturated rings. The molecule has 0 aliphatic heterocycles. The van der Waals surface area contributed by atoms with Crippen molar-refractivity contribution in [1.82, 2.24) is 80.7 Å². The van der Waals surface area contributed by atoms with Gasteiger partial charge in [-0.1, -0.05) is 10.6 Å². The Kier molecular flexibility index (Phi) is 6.80. The highest BCUT2D eigenvalue weighted by Gasteiger charge is 2.58. The number of rotatable bonds is 7. The molecule has 1 aliphatic carbocycles. The smallest absolute Gasteiger partial charge is 0.202 e. The van der Waals surface area contributed by atoms with E-state index in [1.807, 2.05) is 35.7 Å². The normalized spacial score (nSPS) is 18.1. The van der Waals surface area contributed by atoms with Crippen molar-refractivity contribution in [2.24, 2.45) is 0 Å². The van der Waals surface area contributed by atoms with Crippen molar-refractivity contribution in [1.29, 1.82) is 0 Å². The Bertz CT molecular complexity index is 2130. The molecule has 7 aromatic heterocycles. The molecule has 17 heteroatoms. The average molecular weight is 623 g/mol. The summed E-state index contributed by atoms with van der Waals surface area (Å²) in [6.45, 7) is 0. The summed E-state index contributed by atoms with van der Waals surface area (Å²) in [5.74, 6) is -0.143. The molecule has 8 rings (SSSR count). The number of H-pyrrole nitrogens is 1. The summed E-state index contributed by atoms with van der Waals surface area (Å²) >= 11 is 1.18. The Balaban J connectivity index is 1.69. The predicted molar refractivity (Wildman–Crippen MR) is 161 cm³/mol. The molecular formula is C29H18N16S. The number of hydrogen-bond acceptors (Lipinski definition) is 16. The van der Waals surface area contributed by atoms with E-state index in [0.717, 1.165) is 0 Å². The van der Waals surface area contributed by atoms with Crippen molar-refractivity contribution in [2.45, 2.75) is 11.3 Å². The van der Waals surface area contributed by atoms with Crippen molar-refractivity contribution in [3.8, 4) is 0 Å². The number of nitrogens with one attached hydrogen (secondary N) is 1. The van der Waals surface area contributed by atoms with Crippen LogP contribution in [0, 0.1) is 0 Å². The van der Waals surface area contributed by atoms with Crippen molar-refractivity contribution < 1.29 is 0 Å². The van der Waals surface area contributed by atoms with E-state index in [4.69, 9.17) is 19.9 Å². The average Bonchev–Trinajstić information content (AvgIpc) is 3.88. The van der Waals surface area contributed by atoms with E-state index in [0.29, 0.717) is 56.6 Å².